The molecule has 0 aromatic carbocycles. The van der Waals surface area contributed by atoms with Gasteiger partial charge in [-0.15, -0.1) is 0 Å². The average molecular weight is 314 g/mol. The molecule has 1 saturated heterocycles. The Balaban J connectivity index is 1.59. The van der Waals surface area contributed by atoms with Crippen molar-refractivity contribution >= 4 is 6.09 Å². The van der Waals surface area contributed by atoms with Gasteiger partial charge in [-0.05, 0) is 19.8 Å². The number of carbonyl (C=O) groups excluding carboxylic acids is 1. The van der Waals surface area contributed by atoms with Crippen LogP contribution >= 0.6 is 0 Å². The third-order valence-corrected chi connectivity index (χ3v) is 4.44. The fraction of sp³-hybridized carbons (Fsp3) is 0.938. The fourth-order valence-electron chi connectivity index (χ4n) is 3.16. The van der Waals surface area contributed by atoms with Crippen LogP contribution in [-0.4, -0.2) is 79.1 Å². The number of hydrogen-bond acceptors (Lipinski definition) is 5. The number of rotatable bonds is 6. The summed E-state index contributed by atoms with van der Waals surface area (Å²) in [7, 11) is 0. The molecule has 0 radical (unpaired) electrons. The van der Waals surface area contributed by atoms with Crippen LogP contribution in [0.3, 0.4) is 0 Å². The van der Waals surface area contributed by atoms with Gasteiger partial charge < -0.3 is 19.5 Å². The van der Waals surface area contributed by atoms with E-state index in [1.807, 2.05) is 6.92 Å². The highest BCUT2D eigenvalue weighted by Gasteiger charge is 2.23. The van der Waals surface area contributed by atoms with Crippen molar-refractivity contribution in [1.29, 1.82) is 0 Å². The van der Waals surface area contributed by atoms with Gasteiger partial charge in [-0.2, -0.15) is 0 Å². The third kappa shape index (κ3) is 5.74. The summed E-state index contributed by atoms with van der Waals surface area (Å²) in [5.74, 6) is 0. The maximum atomic E-state index is 11.6. The number of nitrogens with zero attached hydrogens (tertiary/aromatic N) is 2. The van der Waals surface area contributed by atoms with Gasteiger partial charge in [0.1, 0.15) is 0 Å². The van der Waals surface area contributed by atoms with Crippen LogP contribution in [-0.2, 0) is 9.47 Å². The largest absolute Gasteiger partial charge is 0.450 e. The molecule has 0 aromatic rings. The molecule has 6 heteroatoms. The Morgan fingerprint density at radius 3 is 2.50 bits per heavy atom. The standard InChI is InChI=1S/C16H30N2O4/c1-2-21-16(20)18-10-8-17(9-11-18)12-14(19)13-22-15-6-4-3-5-7-15/h14-15,19H,2-13H2,1H3/t14-/m1/s1. The molecule has 1 N–H and O–H groups in total. The van der Waals surface area contributed by atoms with Crippen LogP contribution in [0.4, 0.5) is 4.79 Å². The van der Waals surface area contributed by atoms with Crippen molar-refractivity contribution in [2.24, 2.45) is 0 Å². The van der Waals surface area contributed by atoms with Crippen LogP contribution in [0.25, 0.3) is 0 Å². The van der Waals surface area contributed by atoms with Gasteiger partial charge in [0, 0.05) is 32.7 Å². The van der Waals surface area contributed by atoms with E-state index in [0.717, 1.165) is 25.9 Å². The normalized spacial score (nSPS) is 22.5. The minimum atomic E-state index is -0.448. The molecule has 0 spiro atoms. The number of aliphatic hydroxyl groups is 1. The molecule has 1 saturated carbocycles. The van der Waals surface area contributed by atoms with Crippen molar-refractivity contribution < 1.29 is 19.4 Å². The second-order valence-corrected chi connectivity index (χ2v) is 6.23. The molecule has 1 amide bonds. The Morgan fingerprint density at radius 1 is 1.18 bits per heavy atom. The highest BCUT2D eigenvalue weighted by atomic mass is 16.6. The van der Waals surface area contributed by atoms with E-state index in [0.29, 0.717) is 39.0 Å². The van der Waals surface area contributed by atoms with Crippen LogP contribution < -0.4 is 0 Å². The predicted octanol–water partition coefficient (Wildman–Crippen LogP) is 1.47. The van der Waals surface area contributed by atoms with Crippen LogP contribution in [0.1, 0.15) is 39.0 Å². The van der Waals surface area contributed by atoms with E-state index < -0.39 is 6.10 Å². The van der Waals surface area contributed by atoms with E-state index >= 15 is 0 Å². The van der Waals surface area contributed by atoms with Gasteiger partial charge in [0.05, 0.1) is 25.4 Å². The molecule has 1 heterocycles. The molecule has 2 fully saturated rings. The van der Waals surface area contributed by atoms with Gasteiger partial charge in [0.15, 0.2) is 0 Å². The summed E-state index contributed by atoms with van der Waals surface area (Å²) in [6, 6.07) is 0. The molecular weight excluding hydrogens is 284 g/mol. The van der Waals surface area contributed by atoms with Gasteiger partial charge in [-0.1, -0.05) is 19.3 Å². The van der Waals surface area contributed by atoms with Crippen molar-refractivity contribution in [3.05, 3.63) is 0 Å². The number of ether oxygens (including phenoxy) is 2. The van der Waals surface area contributed by atoms with Gasteiger partial charge in [-0.25, -0.2) is 4.79 Å². The molecule has 1 aliphatic heterocycles. The van der Waals surface area contributed by atoms with Crippen LogP contribution in [0.2, 0.25) is 0 Å². The van der Waals surface area contributed by atoms with Crippen molar-refractivity contribution in [2.75, 3.05) is 45.9 Å². The Morgan fingerprint density at radius 2 is 1.86 bits per heavy atom. The predicted molar refractivity (Wildman–Crippen MR) is 83.9 cm³/mol. The molecule has 2 rings (SSSR count). The lowest BCUT2D eigenvalue weighted by Gasteiger charge is -2.35. The molecule has 2 aliphatic rings. The molecule has 22 heavy (non-hydrogen) atoms. The zero-order chi connectivity index (χ0) is 15.8. The van der Waals surface area contributed by atoms with Crippen molar-refractivity contribution in [1.82, 2.24) is 9.80 Å². The van der Waals surface area contributed by atoms with E-state index in [-0.39, 0.29) is 6.09 Å². The molecule has 128 valence electrons. The SMILES string of the molecule is CCOC(=O)N1CCN(C[C@@H](O)COC2CCCCC2)CC1. The Hall–Kier alpha value is -0.850. The lowest BCUT2D eigenvalue weighted by Crippen LogP contribution is -2.51. The summed E-state index contributed by atoms with van der Waals surface area (Å²) in [4.78, 5) is 15.5. The Labute approximate surface area is 133 Å². The number of hydrogen-bond donors (Lipinski definition) is 1. The number of carbonyl (C=O) groups is 1. The van der Waals surface area contributed by atoms with E-state index in [2.05, 4.69) is 4.90 Å². The monoisotopic (exact) mass is 314 g/mol. The van der Waals surface area contributed by atoms with Gasteiger partial charge in [0.2, 0.25) is 0 Å². The Kier molecular flexibility index (Phi) is 7.42. The lowest BCUT2D eigenvalue weighted by molar-refractivity contribution is -0.0367. The van der Waals surface area contributed by atoms with Gasteiger partial charge in [-0.3, -0.25) is 4.90 Å². The first-order valence-electron chi connectivity index (χ1n) is 8.62. The second-order valence-electron chi connectivity index (χ2n) is 6.23. The first-order valence-corrected chi connectivity index (χ1v) is 8.62. The van der Waals surface area contributed by atoms with Crippen LogP contribution in [0.15, 0.2) is 0 Å². The molecule has 0 bridgehead atoms. The summed E-state index contributed by atoms with van der Waals surface area (Å²) >= 11 is 0. The number of amides is 1. The average Bonchev–Trinajstić information content (AvgIpc) is 2.55. The number of aliphatic hydroxyl groups excluding tert-OH is 1. The first kappa shape index (κ1) is 17.5. The molecule has 0 aromatic heterocycles. The summed E-state index contributed by atoms with van der Waals surface area (Å²) in [5, 5.41) is 10.1. The topological polar surface area (TPSA) is 62.2 Å². The minimum absolute atomic E-state index is 0.233. The molecule has 0 unspecified atom stereocenters. The molecular formula is C16H30N2O4. The maximum absolute atomic E-state index is 11.6. The van der Waals surface area contributed by atoms with Crippen LogP contribution in [0.5, 0.6) is 0 Å². The summed E-state index contributed by atoms with van der Waals surface area (Å²) in [6.07, 6.45) is 5.72. The molecule has 1 aliphatic carbocycles. The van der Waals surface area contributed by atoms with E-state index in [4.69, 9.17) is 9.47 Å². The fourth-order valence-corrected chi connectivity index (χ4v) is 3.16. The highest BCUT2D eigenvalue weighted by Crippen LogP contribution is 2.20. The smallest absolute Gasteiger partial charge is 0.409 e. The van der Waals surface area contributed by atoms with E-state index in [9.17, 15) is 9.90 Å². The van der Waals surface area contributed by atoms with Gasteiger partial charge in [0.25, 0.3) is 0 Å². The number of piperazine rings is 1. The Bertz CT molecular complexity index is 326. The summed E-state index contributed by atoms with van der Waals surface area (Å²) in [5.41, 5.74) is 0. The highest BCUT2D eigenvalue weighted by molar-refractivity contribution is 5.67. The van der Waals surface area contributed by atoms with Crippen molar-refractivity contribution in [3.63, 3.8) is 0 Å². The lowest BCUT2D eigenvalue weighted by atomic mass is 9.98. The van der Waals surface area contributed by atoms with E-state index in [1.54, 1.807) is 4.90 Å². The maximum Gasteiger partial charge on any atom is 0.409 e. The van der Waals surface area contributed by atoms with E-state index in [1.165, 1.54) is 19.3 Å². The number of β-amino-alcohol motifs (C(OH)–C–C–N with tert-alkyl or cyclic N) is 1. The quantitative estimate of drug-likeness (QED) is 0.804. The molecule has 1 atom stereocenters. The second kappa shape index (κ2) is 9.33. The summed E-state index contributed by atoms with van der Waals surface area (Å²) < 4.78 is 10.8. The minimum Gasteiger partial charge on any atom is -0.450 e. The van der Waals surface area contributed by atoms with Crippen molar-refractivity contribution in [2.45, 2.75) is 51.2 Å². The zero-order valence-corrected chi connectivity index (χ0v) is 13.7. The molecule has 6 nitrogen and oxygen atoms in total. The summed E-state index contributed by atoms with van der Waals surface area (Å²) in [6.45, 7) is 6.14. The van der Waals surface area contributed by atoms with Gasteiger partial charge >= 0.3 is 6.09 Å². The van der Waals surface area contributed by atoms with Crippen molar-refractivity contribution in [3.8, 4) is 0 Å². The zero-order valence-electron chi connectivity index (χ0n) is 13.7. The first-order chi connectivity index (χ1) is 10.7. The third-order valence-electron chi connectivity index (χ3n) is 4.44. The van der Waals surface area contributed by atoms with Crippen LogP contribution in [0, 0.1) is 0 Å².